The van der Waals surface area contributed by atoms with Crippen LogP contribution in [0.25, 0.3) is 10.8 Å². The van der Waals surface area contributed by atoms with Gasteiger partial charge in [-0.2, -0.15) is 0 Å². The highest BCUT2D eigenvalue weighted by molar-refractivity contribution is 7.09. The van der Waals surface area contributed by atoms with Crippen molar-refractivity contribution in [1.29, 1.82) is 0 Å². The van der Waals surface area contributed by atoms with Crippen molar-refractivity contribution in [3.8, 4) is 5.75 Å². The second-order valence-corrected chi connectivity index (χ2v) is 5.01. The normalized spacial score (nSPS) is 10.6. The van der Waals surface area contributed by atoms with E-state index in [2.05, 4.69) is 15.3 Å². The maximum atomic E-state index is 5.23. The molecule has 0 radical (unpaired) electrons. The highest BCUT2D eigenvalue weighted by atomic mass is 32.1. The van der Waals surface area contributed by atoms with Crippen LogP contribution in [0.3, 0.4) is 0 Å². The Morgan fingerprint density at radius 1 is 1.21 bits per heavy atom. The summed E-state index contributed by atoms with van der Waals surface area (Å²) < 4.78 is 5.23. The molecule has 0 aliphatic carbocycles. The van der Waals surface area contributed by atoms with Crippen LogP contribution in [0.2, 0.25) is 0 Å². The predicted octanol–water partition coefficient (Wildman–Crippen LogP) is 3.31. The third-order valence-electron chi connectivity index (χ3n) is 2.86. The lowest BCUT2D eigenvalue weighted by molar-refractivity contribution is 0.415. The molecule has 0 unspecified atom stereocenters. The Hall–Kier alpha value is -2.14. The lowest BCUT2D eigenvalue weighted by atomic mass is 10.1. The molecule has 0 saturated carbocycles. The number of pyridine rings is 1. The molecule has 5 heteroatoms. The first-order valence-corrected chi connectivity index (χ1v) is 6.80. The topological polar surface area (TPSA) is 47.0 Å². The summed E-state index contributed by atoms with van der Waals surface area (Å²) in [6.07, 6.45) is 3.61. The molecule has 2 aromatic heterocycles. The average molecular weight is 271 g/mol. The Labute approximate surface area is 115 Å². The predicted molar refractivity (Wildman–Crippen MR) is 77.7 cm³/mol. The van der Waals surface area contributed by atoms with Crippen LogP contribution in [-0.2, 0) is 6.54 Å². The van der Waals surface area contributed by atoms with Gasteiger partial charge in [-0.05, 0) is 29.7 Å². The number of hydrogen-bond acceptors (Lipinski definition) is 5. The van der Waals surface area contributed by atoms with Gasteiger partial charge < -0.3 is 10.1 Å². The first kappa shape index (κ1) is 11.9. The van der Waals surface area contributed by atoms with Gasteiger partial charge in [0.2, 0.25) is 0 Å². The van der Waals surface area contributed by atoms with E-state index >= 15 is 0 Å². The summed E-state index contributed by atoms with van der Waals surface area (Å²) in [5, 5.41) is 8.53. The highest BCUT2D eigenvalue weighted by Crippen LogP contribution is 2.25. The van der Waals surface area contributed by atoms with Gasteiger partial charge >= 0.3 is 0 Å². The average Bonchev–Trinajstić information content (AvgIpc) is 2.97. The van der Waals surface area contributed by atoms with E-state index in [1.807, 2.05) is 35.8 Å². The Morgan fingerprint density at radius 2 is 2.16 bits per heavy atom. The van der Waals surface area contributed by atoms with Gasteiger partial charge in [-0.25, -0.2) is 9.97 Å². The molecular weight excluding hydrogens is 258 g/mol. The molecule has 96 valence electrons. The second-order valence-electron chi connectivity index (χ2n) is 4.03. The molecule has 0 spiro atoms. The lowest BCUT2D eigenvalue weighted by Crippen LogP contribution is -2.01. The van der Waals surface area contributed by atoms with Crippen molar-refractivity contribution in [3.63, 3.8) is 0 Å². The van der Waals surface area contributed by atoms with Crippen LogP contribution in [0.15, 0.2) is 42.0 Å². The molecule has 0 saturated heterocycles. The lowest BCUT2D eigenvalue weighted by Gasteiger charge is -2.08. The van der Waals surface area contributed by atoms with E-state index in [1.54, 1.807) is 24.6 Å². The van der Waals surface area contributed by atoms with Gasteiger partial charge in [-0.3, -0.25) is 0 Å². The van der Waals surface area contributed by atoms with E-state index in [-0.39, 0.29) is 0 Å². The number of hydrogen-bond donors (Lipinski definition) is 1. The van der Waals surface area contributed by atoms with Crippen LogP contribution in [-0.4, -0.2) is 17.1 Å². The van der Waals surface area contributed by atoms with E-state index in [9.17, 15) is 0 Å². The van der Waals surface area contributed by atoms with E-state index in [0.29, 0.717) is 6.54 Å². The molecule has 0 bridgehead atoms. The number of aromatic nitrogens is 2. The minimum absolute atomic E-state index is 0.690. The minimum atomic E-state index is 0.690. The SMILES string of the molecule is COc1ccc2c(NCc3nccs3)nccc2c1. The zero-order chi connectivity index (χ0) is 13.1. The summed E-state index contributed by atoms with van der Waals surface area (Å²) in [6, 6.07) is 7.95. The van der Waals surface area contributed by atoms with E-state index < -0.39 is 0 Å². The number of ether oxygens (including phenoxy) is 1. The van der Waals surface area contributed by atoms with E-state index in [1.165, 1.54) is 0 Å². The summed E-state index contributed by atoms with van der Waals surface area (Å²) in [4.78, 5) is 8.63. The van der Waals surface area contributed by atoms with Gasteiger partial charge in [0.1, 0.15) is 16.6 Å². The molecule has 0 aliphatic heterocycles. The molecule has 1 aromatic carbocycles. The number of benzene rings is 1. The first-order chi connectivity index (χ1) is 9.36. The van der Waals surface area contributed by atoms with Crippen molar-refractivity contribution in [2.75, 3.05) is 12.4 Å². The first-order valence-electron chi connectivity index (χ1n) is 5.92. The fourth-order valence-corrected chi connectivity index (χ4v) is 2.48. The van der Waals surface area contributed by atoms with Gasteiger partial charge in [0.25, 0.3) is 0 Å². The van der Waals surface area contributed by atoms with Crippen molar-refractivity contribution in [2.24, 2.45) is 0 Å². The molecule has 3 rings (SSSR count). The van der Waals surface area contributed by atoms with Crippen LogP contribution < -0.4 is 10.1 Å². The molecule has 0 fully saturated rings. The summed E-state index contributed by atoms with van der Waals surface area (Å²) in [7, 11) is 1.67. The molecule has 19 heavy (non-hydrogen) atoms. The molecular formula is C14H13N3OS. The van der Waals surface area contributed by atoms with E-state index in [0.717, 1.165) is 27.3 Å². The maximum absolute atomic E-state index is 5.23. The Bertz CT molecular complexity index is 682. The van der Waals surface area contributed by atoms with Gasteiger partial charge in [-0.15, -0.1) is 11.3 Å². The number of anilines is 1. The van der Waals surface area contributed by atoms with Crippen molar-refractivity contribution in [1.82, 2.24) is 9.97 Å². The minimum Gasteiger partial charge on any atom is -0.497 e. The summed E-state index contributed by atoms with van der Waals surface area (Å²) in [5.41, 5.74) is 0. The number of methoxy groups -OCH3 is 1. The zero-order valence-corrected chi connectivity index (χ0v) is 11.3. The molecule has 0 atom stereocenters. The Morgan fingerprint density at radius 3 is 2.95 bits per heavy atom. The van der Waals surface area contributed by atoms with Crippen molar-refractivity contribution >= 4 is 27.9 Å². The summed E-state index contributed by atoms with van der Waals surface area (Å²) >= 11 is 1.63. The number of thiazole rings is 1. The molecule has 4 nitrogen and oxygen atoms in total. The molecule has 2 heterocycles. The number of fused-ring (bicyclic) bond motifs is 1. The quantitative estimate of drug-likeness (QED) is 0.790. The largest absolute Gasteiger partial charge is 0.497 e. The second kappa shape index (κ2) is 5.24. The fraction of sp³-hybridized carbons (Fsp3) is 0.143. The standard InChI is InChI=1S/C14H13N3OS/c1-18-11-2-3-12-10(8-11)4-5-16-14(12)17-9-13-15-6-7-19-13/h2-8H,9H2,1H3,(H,16,17). The van der Waals surface area contributed by atoms with Gasteiger partial charge in [0, 0.05) is 23.2 Å². The Balaban J connectivity index is 1.90. The molecule has 0 amide bonds. The van der Waals surface area contributed by atoms with Gasteiger partial charge in [0.05, 0.1) is 13.7 Å². The van der Waals surface area contributed by atoms with Crippen LogP contribution in [0.4, 0.5) is 5.82 Å². The number of nitrogens with one attached hydrogen (secondary N) is 1. The van der Waals surface area contributed by atoms with E-state index in [4.69, 9.17) is 4.74 Å². The van der Waals surface area contributed by atoms with Crippen LogP contribution in [0.1, 0.15) is 5.01 Å². The monoisotopic (exact) mass is 271 g/mol. The van der Waals surface area contributed by atoms with Crippen LogP contribution >= 0.6 is 11.3 Å². The van der Waals surface area contributed by atoms with Crippen molar-refractivity contribution in [2.45, 2.75) is 6.54 Å². The third kappa shape index (κ3) is 2.51. The van der Waals surface area contributed by atoms with Crippen molar-refractivity contribution < 1.29 is 4.74 Å². The molecule has 0 aliphatic rings. The molecule has 3 aromatic rings. The third-order valence-corrected chi connectivity index (χ3v) is 3.64. The smallest absolute Gasteiger partial charge is 0.134 e. The summed E-state index contributed by atoms with van der Waals surface area (Å²) in [6.45, 7) is 0.690. The van der Waals surface area contributed by atoms with Crippen molar-refractivity contribution in [3.05, 3.63) is 47.0 Å². The number of nitrogens with zero attached hydrogens (tertiary/aromatic N) is 2. The maximum Gasteiger partial charge on any atom is 0.134 e. The highest BCUT2D eigenvalue weighted by Gasteiger charge is 2.04. The summed E-state index contributed by atoms with van der Waals surface area (Å²) in [5.74, 6) is 1.72. The fourth-order valence-electron chi connectivity index (χ4n) is 1.92. The Kier molecular flexibility index (Phi) is 3.29. The van der Waals surface area contributed by atoms with Gasteiger partial charge in [0.15, 0.2) is 0 Å². The van der Waals surface area contributed by atoms with Crippen LogP contribution in [0, 0.1) is 0 Å². The van der Waals surface area contributed by atoms with Crippen LogP contribution in [0.5, 0.6) is 5.75 Å². The zero-order valence-electron chi connectivity index (χ0n) is 10.5. The number of rotatable bonds is 4. The van der Waals surface area contributed by atoms with Gasteiger partial charge in [-0.1, -0.05) is 0 Å². The molecule has 1 N–H and O–H groups in total.